The second kappa shape index (κ2) is 6.93. The number of nitrogens with zero attached hydrogens (tertiary/aromatic N) is 4. The fourth-order valence-electron chi connectivity index (χ4n) is 1.30. The number of aromatic nitrogens is 4. The van der Waals surface area contributed by atoms with Crippen molar-refractivity contribution >= 4 is 5.52 Å². The molecule has 0 unspecified atom stereocenters. The van der Waals surface area contributed by atoms with Crippen LogP contribution in [0.3, 0.4) is 0 Å². The van der Waals surface area contributed by atoms with Crippen LogP contribution >= 0.6 is 0 Å². The van der Waals surface area contributed by atoms with E-state index in [1.165, 1.54) is 11.0 Å². The molecule has 2 aromatic rings. The van der Waals surface area contributed by atoms with Crippen molar-refractivity contribution in [1.29, 1.82) is 0 Å². The van der Waals surface area contributed by atoms with E-state index in [1.54, 1.807) is 16.8 Å². The third kappa shape index (κ3) is 3.42. The monoisotopic (exact) mass is 252 g/mol. The summed E-state index contributed by atoms with van der Waals surface area (Å²) in [6.45, 7) is 13.9. The summed E-state index contributed by atoms with van der Waals surface area (Å²) in [4.78, 5) is 11.9. The average molecular weight is 252 g/mol. The van der Waals surface area contributed by atoms with E-state index in [4.69, 9.17) is 0 Å². The maximum Gasteiger partial charge on any atom is 0.280 e. The molecule has 0 aliphatic carbocycles. The van der Waals surface area contributed by atoms with Gasteiger partial charge in [0.1, 0.15) is 6.33 Å². The molecule has 102 valence electrons. The molecule has 5 nitrogen and oxygen atoms in total. The van der Waals surface area contributed by atoms with E-state index in [2.05, 4.69) is 10.2 Å². The summed E-state index contributed by atoms with van der Waals surface area (Å²) in [6, 6.07) is 1.66. The predicted octanol–water partition coefficient (Wildman–Crippen LogP) is 2.70. The molecule has 5 heteroatoms. The van der Waals surface area contributed by atoms with Gasteiger partial charge in [-0.3, -0.25) is 9.36 Å². The van der Waals surface area contributed by atoms with Gasteiger partial charge in [0.25, 0.3) is 5.56 Å². The lowest BCUT2D eigenvalue weighted by Gasteiger charge is -2.21. The van der Waals surface area contributed by atoms with Crippen LogP contribution in [0.4, 0.5) is 0 Å². The van der Waals surface area contributed by atoms with Gasteiger partial charge in [-0.15, -0.1) is 9.73 Å². The Labute approximate surface area is 108 Å². The highest BCUT2D eigenvalue weighted by Gasteiger charge is 2.16. The van der Waals surface area contributed by atoms with Gasteiger partial charge >= 0.3 is 0 Å². The SMILES string of the molecule is CC.CC.CC(C)(C)n1cnn2nccc2c1=O. The predicted molar refractivity (Wildman–Crippen MR) is 74.9 cm³/mol. The number of fused-ring (bicyclic) bond motifs is 1. The van der Waals surface area contributed by atoms with Crippen molar-refractivity contribution in [3.05, 3.63) is 28.9 Å². The summed E-state index contributed by atoms with van der Waals surface area (Å²) in [5, 5.41) is 7.93. The highest BCUT2D eigenvalue weighted by Crippen LogP contribution is 2.09. The van der Waals surface area contributed by atoms with Crippen LogP contribution in [0.2, 0.25) is 0 Å². The quantitative estimate of drug-likeness (QED) is 0.724. The van der Waals surface area contributed by atoms with Crippen molar-refractivity contribution in [2.45, 2.75) is 54.0 Å². The van der Waals surface area contributed by atoms with Crippen molar-refractivity contribution in [2.24, 2.45) is 0 Å². The van der Waals surface area contributed by atoms with Crippen LogP contribution in [0, 0.1) is 0 Å². The molecule has 0 fully saturated rings. The van der Waals surface area contributed by atoms with Crippen LogP contribution in [0.5, 0.6) is 0 Å². The van der Waals surface area contributed by atoms with Gasteiger partial charge in [0.2, 0.25) is 0 Å². The first-order valence-electron chi connectivity index (χ1n) is 6.42. The Hall–Kier alpha value is -1.65. The molecule has 0 aliphatic heterocycles. The van der Waals surface area contributed by atoms with Crippen molar-refractivity contribution in [3.63, 3.8) is 0 Å². The molecule has 18 heavy (non-hydrogen) atoms. The van der Waals surface area contributed by atoms with Crippen LogP contribution < -0.4 is 5.56 Å². The molecule has 0 bridgehead atoms. The molecular weight excluding hydrogens is 228 g/mol. The van der Waals surface area contributed by atoms with Gasteiger partial charge in [0, 0.05) is 5.54 Å². The zero-order valence-corrected chi connectivity index (χ0v) is 12.4. The smallest absolute Gasteiger partial charge is 0.280 e. The van der Waals surface area contributed by atoms with E-state index in [0.717, 1.165) is 0 Å². The molecule has 0 aromatic carbocycles. The maximum absolute atomic E-state index is 11.9. The highest BCUT2D eigenvalue weighted by molar-refractivity contribution is 5.41. The molecule has 0 saturated carbocycles. The van der Waals surface area contributed by atoms with E-state index in [0.29, 0.717) is 5.52 Å². The Bertz CT molecular complexity index is 520. The van der Waals surface area contributed by atoms with Gasteiger partial charge < -0.3 is 0 Å². The van der Waals surface area contributed by atoms with Crippen molar-refractivity contribution < 1.29 is 0 Å². The Balaban J connectivity index is 0.000000659. The Morgan fingerprint density at radius 1 is 1.06 bits per heavy atom. The first kappa shape index (κ1) is 16.4. The van der Waals surface area contributed by atoms with Gasteiger partial charge in [-0.2, -0.15) is 5.10 Å². The fourth-order valence-corrected chi connectivity index (χ4v) is 1.30. The molecule has 0 N–H and O–H groups in total. The van der Waals surface area contributed by atoms with Crippen LogP contribution in [0.15, 0.2) is 23.4 Å². The average Bonchev–Trinajstić information content (AvgIpc) is 2.82. The second-order valence-corrected chi connectivity index (χ2v) is 4.18. The zero-order chi connectivity index (χ0) is 14.3. The third-order valence-electron chi connectivity index (χ3n) is 2.06. The van der Waals surface area contributed by atoms with E-state index in [-0.39, 0.29) is 11.1 Å². The van der Waals surface area contributed by atoms with Gasteiger partial charge in [0.05, 0.1) is 6.20 Å². The third-order valence-corrected chi connectivity index (χ3v) is 2.06. The molecule has 2 heterocycles. The summed E-state index contributed by atoms with van der Waals surface area (Å²) < 4.78 is 2.94. The summed E-state index contributed by atoms with van der Waals surface area (Å²) in [5.74, 6) is 0. The molecule has 0 spiro atoms. The Morgan fingerprint density at radius 3 is 2.11 bits per heavy atom. The van der Waals surface area contributed by atoms with Crippen LogP contribution in [-0.2, 0) is 5.54 Å². The molecule has 0 radical (unpaired) electrons. The normalized spacial score (nSPS) is 10.2. The summed E-state index contributed by atoms with van der Waals surface area (Å²) >= 11 is 0. The molecule has 0 amide bonds. The second-order valence-electron chi connectivity index (χ2n) is 4.18. The first-order valence-corrected chi connectivity index (χ1v) is 6.42. The minimum atomic E-state index is -0.254. The lowest BCUT2D eigenvalue weighted by atomic mass is 10.1. The minimum Gasteiger partial charge on any atom is -0.290 e. The molecule has 0 saturated heterocycles. The molecular formula is C13H24N4O. The molecule has 0 atom stereocenters. The largest absolute Gasteiger partial charge is 0.290 e. The number of hydrogen-bond donors (Lipinski definition) is 0. The summed E-state index contributed by atoms with van der Waals surface area (Å²) in [7, 11) is 0. The molecule has 2 rings (SSSR count). The van der Waals surface area contributed by atoms with Crippen LogP contribution in [0.25, 0.3) is 5.52 Å². The number of rotatable bonds is 0. The van der Waals surface area contributed by atoms with Gasteiger partial charge in [0.15, 0.2) is 5.52 Å². The van der Waals surface area contributed by atoms with Gasteiger partial charge in [-0.25, -0.2) is 0 Å². The highest BCUT2D eigenvalue weighted by atomic mass is 16.1. The zero-order valence-electron chi connectivity index (χ0n) is 12.4. The standard InChI is InChI=1S/C9H12N4O.2C2H6/c1-9(2,3)12-6-11-13-7(8(12)14)4-5-10-13;2*1-2/h4-6H,1-3H3;2*1-2H3. The first-order chi connectivity index (χ1) is 8.50. The Morgan fingerprint density at radius 2 is 1.61 bits per heavy atom. The lowest BCUT2D eigenvalue weighted by molar-refractivity contribution is 0.375. The van der Waals surface area contributed by atoms with Crippen LogP contribution in [-0.4, -0.2) is 19.4 Å². The van der Waals surface area contributed by atoms with E-state index in [9.17, 15) is 4.79 Å². The summed E-state index contributed by atoms with van der Waals surface area (Å²) in [6.07, 6.45) is 3.08. The maximum atomic E-state index is 11.9. The summed E-state index contributed by atoms with van der Waals surface area (Å²) in [5.41, 5.74) is 0.184. The number of hydrogen-bond acceptors (Lipinski definition) is 3. The Kier molecular flexibility index (Phi) is 6.30. The molecule has 0 aliphatic rings. The van der Waals surface area contributed by atoms with Crippen molar-refractivity contribution in [1.82, 2.24) is 19.4 Å². The van der Waals surface area contributed by atoms with Gasteiger partial charge in [-0.1, -0.05) is 27.7 Å². The van der Waals surface area contributed by atoms with E-state index >= 15 is 0 Å². The van der Waals surface area contributed by atoms with Crippen molar-refractivity contribution in [2.75, 3.05) is 0 Å². The van der Waals surface area contributed by atoms with Gasteiger partial charge in [-0.05, 0) is 26.8 Å². The van der Waals surface area contributed by atoms with Crippen molar-refractivity contribution in [3.8, 4) is 0 Å². The lowest BCUT2D eigenvalue weighted by Crippen LogP contribution is -2.34. The minimum absolute atomic E-state index is 0.0648. The fraction of sp³-hybridized carbons (Fsp3) is 0.615. The topological polar surface area (TPSA) is 52.2 Å². The molecule has 2 aromatic heterocycles. The van der Waals surface area contributed by atoms with E-state index < -0.39 is 0 Å². The van der Waals surface area contributed by atoms with Crippen LogP contribution in [0.1, 0.15) is 48.5 Å². The van der Waals surface area contributed by atoms with E-state index in [1.807, 2.05) is 48.5 Å².